The molecule has 0 amide bonds. The van der Waals surface area contributed by atoms with Gasteiger partial charge in [0.2, 0.25) is 0 Å². The second-order valence-electron chi connectivity index (χ2n) is 7.67. The first kappa shape index (κ1) is 23.2. The molecule has 9 heteroatoms. The van der Waals surface area contributed by atoms with Crippen molar-refractivity contribution in [2.75, 3.05) is 32.0 Å². The van der Waals surface area contributed by atoms with Crippen LogP contribution in [0.3, 0.4) is 0 Å². The molecule has 0 radical (unpaired) electrons. The third-order valence-electron chi connectivity index (χ3n) is 5.36. The van der Waals surface area contributed by atoms with E-state index in [0.29, 0.717) is 16.6 Å². The predicted octanol–water partition coefficient (Wildman–Crippen LogP) is 3.63. The molecule has 0 unspecified atom stereocenters. The number of hydrogen-bond acceptors (Lipinski definition) is 7. The van der Waals surface area contributed by atoms with Crippen molar-refractivity contribution in [1.82, 2.24) is 19.9 Å². The van der Waals surface area contributed by atoms with Crippen molar-refractivity contribution in [2.24, 2.45) is 0 Å². The van der Waals surface area contributed by atoms with Crippen molar-refractivity contribution in [1.29, 1.82) is 0 Å². The molecule has 3 N–H and O–H groups in total. The minimum Gasteiger partial charge on any atom is -0.478 e. The van der Waals surface area contributed by atoms with E-state index in [1.165, 1.54) is 24.5 Å². The molecule has 34 heavy (non-hydrogen) atoms. The number of aromatic nitrogens is 3. The van der Waals surface area contributed by atoms with Gasteiger partial charge in [-0.1, -0.05) is 24.3 Å². The number of nitrogen functional groups attached to an aromatic ring is 1. The first-order chi connectivity index (χ1) is 16.5. The monoisotopic (exact) mass is 461 g/mol. The maximum Gasteiger partial charge on any atom is 0.337 e. The maximum atomic E-state index is 13.9. The van der Waals surface area contributed by atoms with Crippen LogP contribution in [0, 0.1) is 5.82 Å². The lowest BCUT2D eigenvalue weighted by atomic mass is 10.0. The van der Waals surface area contributed by atoms with Crippen molar-refractivity contribution in [3.05, 3.63) is 84.2 Å². The highest BCUT2D eigenvalue weighted by Gasteiger charge is 2.16. The highest BCUT2D eigenvalue weighted by atomic mass is 19.1. The van der Waals surface area contributed by atoms with Gasteiger partial charge in [-0.15, -0.1) is 0 Å². The van der Waals surface area contributed by atoms with E-state index in [1.807, 2.05) is 12.1 Å². The van der Waals surface area contributed by atoms with Crippen LogP contribution in [0.2, 0.25) is 0 Å². The maximum absolute atomic E-state index is 13.9. The molecular weight excluding hydrogens is 437 g/mol. The minimum absolute atomic E-state index is 0.0492. The normalized spacial score (nSPS) is 13.8. The summed E-state index contributed by atoms with van der Waals surface area (Å²) in [6.07, 6.45) is 4.58. The first-order valence-electron chi connectivity index (χ1n) is 10.8. The molecule has 0 spiro atoms. The van der Waals surface area contributed by atoms with Gasteiger partial charge in [0.1, 0.15) is 11.3 Å². The lowest BCUT2D eigenvalue weighted by molar-refractivity contribution is 0.0336. The van der Waals surface area contributed by atoms with Gasteiger partial charge < -0.3 is 15.6 Å². The Hall–Kier alpha value is -3.95. The lowest BCUT2D eigenvalue weighted by Crippen LogP contribution is -2.35. The zero-order valence-corrected chi connectivity index (χ0v) is 18.4. The summed E-state index contributed by atoms with van der Waals surface area (Å²) < 4.78 is 19.2. The highest BCUT2D eigenvalue weighted by molar-refractivity contribution is 6.05. The molecule has 1 aliphatic heterocycles. The number of nitrogens with zero attached hydrogens (tertiary/aromatic N) is 4. The number of pyridine rings is 1. The fraction of sp³-hybridized carbons (Fsp3) is 0.200. The van der Waals surface area contributed by atoms with Crippen molar-refractivity contribution in [2.45, 2.75) is 6.54 Å². The molecule has 0 bridgehead atoms. The molecule has 174 valence electrons. The van der Waals surface area contributed by atoms with Crippen LogP contribution in [0.5, 0.6) is 0 Å². The van der Waals surface area contributed by atoms with Crippen LogP contribution < -0.4 is 5.73 Å². The first-order valence-corrected chi connectivity index (χ1v) is 10.8. The molecular formula is C25H24FN5O3. The Labute approximate surface area is 195 Å². The number of benzene rings is 2. The van der Waals surface area contributed by atoms with Crippen molar-refractivity contribution in [3.8, 4) is 11.1 Å². The third kappa shape index (κ3) is 5.51. The average molecular weight is 461 g/mol. The molecule has 8 nitrogen and oxygen atoms in total. The Bertz CT molecular complexity index is 1280. The molecule has 1 aliphatic rings. The van der Waals surface area contributed by atoms with E-state index in [0.717, 1.165) is 44.2 Å². The Morgan fingerprint density at radius 3 is 2.38 bits per heavy atom. The zero-order valence-electron chi connectivity index (χ0n) is 18.4. The fourth-order valence-electron chi connectivity index (χ4n) is 3.64. The van der Waals surface area contributed by atoms with Crippen LogP contribution in [-0.4, -0.2) is 57.2 Å². The van der Waals surface area contributed by atoms with E-state index in [4.69, 9.17) is 15.6 Å². The number of aromatic carboxylic acids is 1. The molecule has 0 saturated carbocycles. The van der Waals surface area contributed by atoms with E-state index in [-0.39, 0.29) is 16.9 Å². The van der Waals surface area contributed by atoms with Gasteiger partial charge >= 0.3 is 5.97 Å². The summed E-state index contributed by atoms with van der Waals surface area (Å²) in [4.78, 5) is 26.0. The Balaban J connectivity index is 0.000000172. The SMILES string of the molecule is Nc1ccc(CN2CCOCC2)nc1.O=C(O)c1ccc(-c2ccccc2F)c2nccnc12. The van der Waals surface area contributed by atoms with Crippen LogP contribution in [0.15, 0.2) is 67.1 Å². The van der Waals surface area contributed by atoms with E-state index in [2.05, 4.69) is 19.9 Å². The largest absolute Gasteiger partial charge is 0.478 e. The zero-order chi connectivity index (χ0) is 23.9. The summed E-state index contributed by atoms with van der Waals surface area (Å²) in [5.41, 5.74) is 8.92. The number of rotatable bonds is 4. The van der Waals surface area contributed by atoms with Gasteiger partial charge in [0.05, 0.1) is 41.9 Å². The van der Waals surface area contributed by atoms with Crippen LogP contribution in [0.25, 0.3) is 22.2 Å². The van der Waals surface area contributed by atoms with Gasteiger partial charge in [-0.3, -0.25) is 19.9 Å². The standard InChI is InChI=1S/C15H9FN2O2.C10H15N3O/c16-12-4-2-1-3-9(12)10-5-6-11(15(19)20)14-13(10)17-7-8-18-14;11-9-1-2-10(12-7-9)8-13-3-5-14-6-4-13/h1-8H,(H,19,20);1-2,7H,3-6,8,11H2. The average Bonchev–Trinajstić information content (AvgIpc) is 2.86. The van der Waals surface area contributed by atoms with Gasteiger partial charge in [0.25, 0.3) is 0 Å². The number of ether oxygens (including phenoxy) is 1. The molecule has 3 heterocycles. The molecule has 1 saturated heterocycles. The number of hydrogen-bond donors (Lipinski definition) is 2. The van der Waals surface area contributed by atoms with E-state index in [9.17, 15) is 9.18 Å². The number of fused-ring (bicyclic) bond motifs is 1. The quantitative estimate of drug-likeness (QED) is 0.474. The van der Waals surface area contributed by atoms with E-state index >= 15 is 0 Å². The van der Waals surface area contributed by atoms with Crippen LogP contribution in [-0.2, 0) is 11.3 Å². The van der Waals surface area contributed by atoms with Crippen LogP contribution >= 0.6 is 0 Å². The van der Waals surface area contributed by atoms with Gasteiger partial charge in [0, 0.05) is 43.2 Å². The van der Waals surface area contributed by atoms with Crippen LogP contribution in [0.1, 0.15) is 16.1 Å². The summed E-state index contributed by atoms with van der Waals surface area (Å²) in [7, 11) is 0. The molecule has 0 aliphatic carbocycles. The smallest absolute Gasteiger partial charge is 0.337 e. The predicted molar refractivity (Wildman–Crippen MR) is 127 cm³/mol. The van der Waals surface area contributed by atoms with Gasteiger partial charge in [0.15, 0.2) is 0 Å². The van der Waals surface area contributed by atoms with Crippen molar-refractivity contribution >= 4 is 22.7 Å². The van der Waals surface area contributed by atoms with E-state index in [1.54, 1.807) is 30.5 Å². The topological polar surface area (TPSA) is 114 Å². The fourth-order valence-corrected chi connectivity index (χ4v) is 3.64. The number of carbonyl (C=O) groups is 1. The number of halogens is 1. The number of carboxylic acids is 1. The molecule has 2 aromatic carbocycles. The van der Waals surface area contributed by atoms with Crippen molar-refractivity contribution in [3.63, 3.8) is 0 Å². The summed E-state index contributed by atoms with van der Waals surface area (Å²) in [5.74, 6) is -1.47. The molecule has 1 fully saturated rings. The summed E-state index contributed by atoms with van der Waals surface area (Å²) in [6, 6.07) is 13.1. The van der Waals surface area contributed by atoms with Gasteiger partial charge in [-0.2, -0.15) is 0 Å². The molecule has 2 aromatic heterocycles. The van der Waals surface area contributed by atoms with Gasteiger partial charge in [-0.05, 0) is 24.3 Å². The molecule has 4 aromatic rings. The summed E-state index contributed by atoms with van der Waals surface area (Å²) >= 11 is 0. The summed E-state index contributed by atoms with van der Waals surface area (Å²) in [5, 5.41) is 9.16. The second-order valence-corrected chi connectivity index (χ2v) is 7.67. The molecule has 5 rings (SSSR count). The number of anilines is 1. The lowest BCUT2D eigenvalue weighted by Gasteiger charge is -2.26. The second kappa shape index (κ2) is 10.8. The Morgan fingerprint density at radius 1 is 0.971 bits per heavy atom. The summed E-state index contributed by atoms with van der Waals surface area (Å²) in [6.45, 7) is 4.53. The van der Waals surface area contributed by atoms with Crippen molar-refractivity contribution < 1.29 is 19.0 Å². The van der Waals surface area contributed by atoms with Gasteiger partial charge in [-0.25, -0.2) is 9.18 Å². The number of nitrogens with two attached hydrogens (primary N) is 1. The molecule has 0 atom stereocenters. The number of morpholine rings is 1. The van der Waals surface area contributed by atoms with Crippen LogP contribution in [0.4, 0.5) is 10.1 Å². The number of carboxylic acid groups (broad SMARTS) is 1. The minimum atomic E-state index is -1.09. The highest BCUT2D eigenvalue weighted by Crippen LogP contribution is 2.30. The Morgan fingerprint density at radius 2 is 1.71 bits per heavy atom. The Kier molecular flexibility index (Phi) is 7.36. The third-order valence-corrected chi connectivity index (χ3v) is 5.36. The van der Waals surface area contributed by atoms with E-state index < -0.39 is 5.97 Å².